The summed E-state index contributed by atoms with van der Waals surface area (Å²) in [7, 11) is 0. The predicted octanol–water partition coefficient (Wildman–Crippen LogP) is 3.57. The van der Waals surface area contributed by atoms with Gasteiger partial charge in [-0.05, 0) is 43.4 Å². The van der Waals surface area contributed by atoms with Crippen molar-refractivity contribution in [1.29, 1.82) is 0 Å². The van der Waals surface area contributed by atoms with Crippen molar-refractivity contribution in [3.05, 3.63) is 46.5 Å². The number of ether oxygens (including phenoxy) is 1. The summed E-state index contributed by atoms with van der Waals surface area (Å²) in [6, 6.07) is 2.32. The fourth-order valence-electron chi connectivity index (χ4n) is 4.69. The third kappa shape index (κ3) is 4.64. The molecule has 2 aromatic rings. The highest BCUT2D eigenvalue weighted by molar-refractivity contribution is 7.17. The van der Waals surface area contributed by atoms with E-state index < -0.39 is 41.3 Å². The number of ketones is 1. The van der Waals surface area contributed by atoms with Gasteiger partial charge in [-0.25, -0.2) is 9.97 Å². The first kappa shape index (κ1) is 24.8. The number of halogens is 4. The van der Waals surface area contributed by atoms with Crippen molar-refractivity contribution in [1.82, 2.24) is 20.2 Å². The van der Waals surface area contributed by atoms with E-state index in [1.54, 1.807) is 6.07 Å². The molecule has 1 aliphatic carbocycles. The molecule has 2 aromatic heterocycles. The topological polar surface area (TPSA) is 101 Å². The monoisotopic (exact) mass is 540 g/mol. The van der Waals surface area contributed by atoms with Crippen LogP contribution in [0.3, 0.4) is 0 Å². The molecule has 8 nitrogen and oxygen atoms in total. The highest BCUT2D eigenvalue weighted by Gasteiger charge is 2.52. The Balaban J connectivity index is 1.36. The van der Waals surface area contributed by atoms with Crippen LogP contribution in [0.15, 0.2) is 35.8 Å². The van der Waals surface area contributed by atoms with Crippen molar-refractivity contribution in [2.24, 2.45) is 0 Å². The molecule has 36 heavy (non-hydrogen) atoms. The molecule has 0 radical (unpaired) electrons. The average molecular weight is 541 g/mol. The van der Waals surface area contributed by atoms with Gasteiger partial charge in [0, 0.05) is 29.4 Å². The number of rotatable bonds is 4. The number of carbonyl (C=O) groups excluding carboxylic acids is 3. The zero-order valence-corrected chi connectivity index (χ0v) is 20.3. The molecule has 0 unspecified atom stereocenters. The summed E-state index contributed by atoms with van der Waals surface area (Å²) in [6.45, 7) is 0.0252. The van der Waals surface area contributed by atoms with Crippen molar-refractivity contribution in [3.8, 4) is 10.4 Å². The number of allylic oxidation sites excluding steroid dienone is 1. The van der Waals surface area contributed by atoms with Crippen LogP contribution >= 0.6 is 22.9 Å². The van der Waals surface area contributed by atoms with Crippen molar-refractivity contribution in [2.45, 2.75) is 49.4 Å². The number of aromatic nitrogens is 2. The summed E-state index contributed by atoms with van der Waals surface area (Å²) in [4.78, 5) is 47.9. The molecule has 1 saturated carbocycles. The van der Waals surface area contributed by atoms with Crippen molar-refractivity contribution in [2.75, 3.05) is 13.2 Å². The predicted molar refractivity (Wildman–Crippen MR) is 123 cm³/mol. The third-order valence-electron chi connectivity index (χ3n) is 6.42. The second-order valence-electron chi connectivity index (χ2n) is 8.76. The quantitative estimate of drug-likeness (QED) is 0.470. The summed E-state index contributed by atoms with van der Waals surface area (Å²) < 4.78 is 43.6. The third-order valence-corrected chi connectivity index (χ3v) is 7.94. The molecule has 3 fully saturated rings. The lowest BCUT2D eigenvalue weighted by Crippen LogP contribution is -2.45. The molecule has 0 aromatic carbocycles. The second-order valence-corrected chi connectivity index (χ2v) is 10.4. The van der Waals surface area contributed by atoms with Crippen LogP contribution in [0.1, 0.15) is 41.2 Å². The van der Waals surface area contributed by atoms with Gasteiger partial charge in [-0.1, -0.05) is 0 Å². The minimum Gasteiger partial charge on any atom is -0.366 e. The number of carbonyl (C=O) groups is 3. The molecular formula is C23H20ClF3N4O4S. The van der Waals surface area contributed by atoms with E-state index in [-0.39, 0.29) is 29.5 Å². The number of hydrogen-bond acceptors (Lipinski definition) is 7. The molecule has 2 amide bonds. The van der Waals surface area contributed by atoms with Gasteiger partial charge in [0.15, 0.2) is 5.78 Å². The molecule has 2 saturated heterocycles. The van der Waals surface area contributed by atoms with E-state index in [0.717, 1.165) is 42.1 Å². The summed E-state index contributed by atoms with van der Waals surface area (Å²) in [5.74, 6) is -2.47. The van der Waals surface area contributed by atoms with E-state index in [2.05, 4.69) is 15.3 Å². The maximum absolute atomic E-state index is 13.6. The van der Waals surface area contributed by atoms with Crippen LogP contribution < -0.4 is 5.32 Å². The lowest BCUT2D eigenvalue weighted by atomic mass is 10.1. The first-order valence-corrected chi connectivity index (χ1v) is 12.5. The van der Waals surface area contributed by atoms with Gasteiger partial charge in [-0.15, -0.1) is 22.9 Å². The number of thiophene rings is 1. The van der Waals surface area contributed by atoms with E-state index in [0.29, 0.717) is 23.3 Å². The van der Waals surface area contributed by atoms with E-state index in [1.165, 1.54) is 11.0 Å². The van der Waals surface area contributed by atoms with Crippen LogP contribution in [-0.2, 0) is 20.5 Å². The van der Waals surface area contributed by atoms with Gasteiger partial charge in [0.2, 0.25) is 5.82 Å². The van der Waals surface area contributed by atoms with Crippen molar-refractivity contribution in [3.63, 3.8) is 0 Å². The maximum Gasteiger partial charge on any atom is 0.451 e. The highest BCUT2D eigenvalue weighted by Crippen LogP contribution is 2.34. The van der Waals surface area contributed by atoms with Gasteiger partial charge < -0.3 is 15.0 Å². The van der Waals surface area contributed by atoms with Gasteiger partial charge in [-0.2, -0.15) is 13.2 Å². The Kier molecular flexibility index (Phi) is 6.60. The average Bonchev–Trinajstić information content (AvgIpc) is 3.64. The fraction of sp³-hybridized carbons (Fsp3) is 0.435. The summed E-state index contributed by atoms with van der Waals surface area (Å²) in [5.41, 5.74) is 1.28. The SMILES string of the molecule is O=C(NC(C(=O)N1C[C@H](Cl)[C@H]2OCC(=O)[C@H]21)=C1CCCC1)c1ccc(-c2cnc(C(F)(F)F)nc2)s1. The van der Waals surface area contributed by atoms with Crippen LogP contribution in [0, 0.1) is 0 Å². The Morgan fingerprint density at radius 3 is 2.53 bits per heavy atom. The number of fused-ring (bicyclic) bond motifs is 1. The first-order valence-electron chi connectivity index (χ1n) is 11.3. The zero-order chi connectivity index (χ0) is 25.6. The maximum atomic E-state index is 13.6. The Bertz CT molecular complexity index is 1240. The van der Waals surface area contributed by atoms with Gasteiger partial charge in [-0.3, -0.25) is 14.4 Å². The van der Waals surface area contributed by atoms with Gasteiger partial charge in [0.05, 0.1) is 10.3 Å². The molecule has 13 heteroatoms. The van der Waals surface area contributed by atoms with E-state index in [9.17, 15) is 27.6 Å². The van der Waals surface area contributed by atoms with Crippen LogP contribution in [-0.4, -0.2) is 63.1 Å². The van der Waals surface area contributed by atoms with Crippen molar-refractivity contribution < 1.29 is 32.3 Å². The Labute approximate surface area is 212 Å². The van der Waals surface area contributed by atoms with Crippen LogP contribution in [0.2, 0.25) is 0 Å². The Morgan fingerprint density at radius 1 is 1.17 bits per heavy atom. The molecule has 0 bridgehead atoms. The lowest BCUT2D eigenvalue weighted by molar-refractivity contribution is -0.145. The fourth-order valence-corrected chi connectivity index (χ4v) is 5.92. The Hall–Kier alpha value is -2.83. The van der Waals surface area contributed by atoms with Gasteiger partial charge in [0.25, 0.3) is 11.8 Å². The van der Waals surface area contributed by atoms with Crippen LogP contribution in [0.5, 0.6) is 0 Å². The molecule has 190 valence electrons. The van der Waals surface area contributed by atoms with Crippen LogP contribution in [0.4, 0.5) is 13.2 Å². The summed E-state index contributed by atoms with van der Waals surface area (Å²) in [5, 5.41) is 2.21. The molecule has 3 aliphatic rings. The number of Topliss-reactive ketones (excluding diaryl/α,β-unsaturated/α-hetero) is 1. The largest absolute Gasteiger partial charge is 0.451 e. The van der Waals surface area contributed by atoms with E-state index in [4.69, 9.17) is 16.3 Å². The lowest BCUT2D eigenvalue weighted by Gasteiger charge is -2.24. The minimum atomic E-state index is -4.65. The molecular weight excluding hydrogens is 521 g/mol. The summed E-state index contributed by atoms with van der Waals surface area (Å²) in [6.07, 6.45) is -0.0647. The second kappa shape index (κ2) is 9.56. The summed E-state index contributed by atoms with van der Waals surface area (Å²) >= 11 is 7.37. The van der Waals surface area contributed by atoms with Crippen molar-refractivity contribution >= 4 is 40.5 Å². The first-order chi connectivity index (χ1) is 17.1. The molecule has 0 spiro atoms. The Morgan fingerprint density at radius 2 is 1.86 bits per heavy atom. The van der Waals surface area contributed by atoms with Gasteiger partial charge in [0.1, 0.15) is 24.4 Å². The molecule has 5 rings (SSSR count). The number of nitrogens with zero attached hydrogens (tertiary/aromatic N) is 3. The normalized spacial score (nSPS) is 23.8. The van der Waals surface area contributed by atoms with E-state index >= 15 is 0 Å². The molecule has 3 atom stereocenters. The number of nitrogens with one attached hydrogen (secondary N) is 1. The van der Waals surface area contributed by atoms with Gasteiger partial charge >= 0.3 is 6.18 Å². The molecule has 1 N–H and O–H groups in total. The number of alkyl halides is 4. The number of likely N-dealkylation sites (tertiary alicyclic amines) is 1. The minimum absolute atomic E-state index is 0.105. The highest BCUT2D eigenvalue weighted by atomic mass is 35.5. The van der Waals surface area contributed by atoms with Crippen LogP contribution in [0.25, 0.3) is 10.4 Å². The smallest absolute Gasteiger partial charge is 0.366 e. The standard InChI is InChI=1S/C23H20ClF3N4O4S/c24-13-9-31(18-14(32)10-35-19(13)18)21(34)17(11-3-1-2-4-11)30-20(33)16-6-5-15(36-16)12-7-28-22(29-8-12)23(25,26)27/h5-8,13,18-19H,1-4,9-10H2,(H,30,33)/t13-,18+,19+/m0/s1. The zero-order valence-electron chi connectivity index (χ0n) is 18.7. The number of hydrogen-bond donors (Lipinski definition) is 1. The molecule has 2 aliphatic heterocycles. The number of amides is 2. The van der Waals surface area contributed by atoms with E-state index in [1.807, 2.05) is 0 Å². The molecule has 4 heterocycles.